The fraction of sp³-hybridized carbons (Fsp3) is 0.125. The number of hydrogen-bond donors (Lipinski definition) is 0. The zero-order valence-electron chi connectivity index (χ0n) is 12.6. The summed E-state index contributed by atoms with van der Waals surface area (Å²) < 4.78 is 10.3. The van der Waals surface area contributed by atoms with E-state index in [9.17, 15) is 14.9 Å². The summed E-state index contributed by atoms with van der Waals surface area (Å²) in [5.41, 5.74) is 0.946. The number of benzene rings is 1. The number of carbonyl (C=O) groups is 1. The van der Waals surface area contributed by atoms with Gasteiger partial charge in [0.25, 0.3) is 5.69 Å². The summed E-state index contributed by atoms with van der Waals surface area (Å²) in [5.74, 6) is -0.0548. The van der Waals surface area contributed by atoms with E-state index in [2.05, 4.69) is 5.16 Å². The van der Waals surface area contributed by atoms with Crippen molar-refractivity contribution in [1.82, 2.24) is 5.16 Å². The number of aryl methyl sites for hydroxylation is 1. The molecule has 0 aliphatic carbocycles. The predicted molar refractivity (Wildman–Crippen MR) is 86.8 cm³/mol. The highest BCUT2D eigenvalue weighted by Crippen LogP contribution is 2.25. The van der Waals surface area contributed by atoms with E-state index in [1.54, 1.807) is 13.0 Å². The van der Waals surface area contributed by atoms with Crippen molar-refractivity contribution in [3.05, 3.63) is 68.7 Å². The van der Waals surface area contributed by atoms with Gasteiger partial charge in [0.05, 0.1) is 15.4 Å². The Bertz CT molecular complexity index is 886. The molecule has 0 amide bonds. The molecule has 2 heterocycles. The van der Waals surface area contributed by atoms with Crippen LogP contribution in [0.15, 0.2) is 46.3 Å². The minimum absolute atomic E-state index is 0.0740. The molecule has 0 N–H and O–H groups in total. The molecule has 0 saturated heterocycles. The first kappa shape index (κ1) is 15.9. The van der Waals surface area contributed by atoms with Crippen molar-refractivity contribution in [2.45, 2.75) is 13.5 Å². The zero-order valence-corrected chi connectivity index (χ0v) is 13.4. The van der Waals surface area contributed by atoms with Gasteiger partial charge in [-0.2, -0.15) is 0 Å². The summed E-state index contributed by atoms with van der Waals surface area (Å²) >= 11 is 1.51. The number of carbonyl (C=O) groups excluding carboxylic acids is 1. The van der Waals surface area contributed by atoms with Crippen molar-refractivity contribution >= 4 is 23.0 Å². The van der Waals surface area contributed by atoms with E-state index < -0.39 is 10.9 Å². The molecule has 0 bridgehead atoms. The van der Waals surface area contributed by atoms with Crippen LogP contribution in [0.5, 0.6) is 0 Å². The Labute approximate surface area is 140 Å². The molecule has 1 aromatic carbocycles. The molecular formula is C16H12N2O5S. The number of nitro groups is 1. The highest BCUT2D eigenvalue weighted by Gasteiger charge is 2.17. The molecule has 0 fully saturated rings. The van der Waals surface area contributed by atoms with Crippen molar-refractivity contribution in [2.75, 3.05) is 0 Å². The molecule has 24 heavy (non-hydrogen) atoms. The molecule has 0 spiro atoms. The van der Waals surface area contributed by atoms with Gasteiger partial charge >= 0.3 is 5.97 Å². The normalized spacial score (nSPS) is 10.5. The molecule has 2 aromatic heterocycles. The van der Waals surface area contributed by atoms with Crippen LogP contribution >= 0.6 is 11.3 Å². The maximum atomic E-state index is 12.0. The van der Waals surface area contributed by atoms with Crippen molar-refractivity contribution in [3.63, 3.8) is 0 Å². The number of thiophene rings is 1. The SMILES string of the molecule is Cc1ccc(C(=O)OCc2cc(-c3cccs3)on2)cc1[N+](=O)[O-]. The summed E-state index contributed by atoms with van der Waals surface area (Å²) in [4.78, 5) is 23.4. The number of rotatable bonds is 5. The average molecular weight is 344 g/mol. The molecule has 0 atom stereocenters. The van der Waals surface area contributed by atoms with Gasteiger partial charge in [-0.1, -0.05) is 17.3 Å². The summed E-state index contributed by atoms with van der Waals surface area (Å²) in [7, 11) is 0. The van der Waals surface area contributed by atoms with Crippen LogP contribution in [0.3, 0.4) is 0 Å². The lowest BCUT2D eigenvalue weighted by atomic mass is 10.1. The van der Waals surface area contributed by atoms with Gasteiger partial charge in [-0.05, 0) is 24.4 Å². The number of esters is 1. The molecule has 3 aromatic rings. The molecule has 8 heteroatoms. The van der Waals surface area contributed by atoms with Crippen LogP contribution in [0.25, 0.3) is 10.6 Å². The first-order valence-electron chi connectivity index (χ1n) is 6.96. The quantitative estimate of drug-likeness (QED) is 0.395. The van der Waals surface area contributed by atoms with Gasteiger partial charge in [0.1, 0.15) is 12.3 Å². The lowest BCUT2D eigenvalue weighted by Gasteiger charge is -2.03. The largest absolute Gasteiger partial charge is 0.455 e. The Morgan fingerprint density at radius 2 is 2.21 bits per heavy atom. The van der Waals surface area contributed by atoms with Crippen molar-refractivity contribution in [1.29, 1.82) is 0 Å². The number of aromatic nitrogens is 1. The summed E-state index contributed by atoms with van der Waals surface area (Å²) in [6, 6.07) is 9.69. The Balaban J connectivity index is 1.68. The van der Waals surface area contributed by atoms with Gasteiger partial charge in [-0.25, -0.2) is 4.79 Å². The summed E-state index contributed by atoms with van der Waals surface area (Å²) in [6.45, 7) is 1.53. The number of nitrogens with zero attached hydrogens (tertiary/aromatic N) is 2. The third-order valence-corrected chi connectivity index (χ3v) is 4.20. The smallest absolute Gasteiger partial charge is 0.338 e. The van der Waals surface area contributed by atoms with Crippen LogP contribution in [-0.4, -0.2) is 16.0 Å². The van der Waals surface area contributed by atoms with Gasteiger partial charge < -0.3 is 9.26 Å². The minimum atomic E-state index is -0.654. The van der Waals surface area contributed by atoms with Crippen molar-refractivity contribution in [2.24, 2.45) is 0 Å². The molecule has 0 aliphatic heterocycles. The minimum Gasteiger partial charge on any atom is -0.455 e. The fourth-order valence-corrected chi connectivity index (χ4v) is 2.74. The van der Waals surface area contributed by atoms with Crippen LogP contribution in [-0.2, 0) is 11.3 Å². The van der Waals surface area contributed by atoms with Gasteiger partial charge in [0, 0.05) is 17.7 Å². The van der Waals surface area contributed by atoms with Crippen LogP contribution in [0, 0.1) is 17.0 Å². The monoisotopic (exact) mass is 344 g/mol. The molecular weight excluding hydrogens is 332 g/mol. The molecule has 0 aliphatic rings. The Morgan fingerprint density at radius 3 is 2.92 bits per heavy atom. The third-order valence-electron chi connectivity index (χ3n) is 3.32. The number of nitro benzene ring substituents is 1. The van der Waals surface area contributed by atoms with Crippen LogP contribution < -0.4 is 0 Å². The van der Waals surface area contributed by atoms with Crippen LogP contribution in [0.2, 0.25) is 0 Å². The second-order valence-corrected chi connectivity index (χ2v) is 5.94. The van der Waals surface area contributed by atoms with E-state index in [4.69, 9.17) is 9.26 Å². The average Bonchev–Trinajstić information content (AvgIpc) is 3.24. The van der Waals surface area contributed by atoms with Gasteiger partial charge in [0.15, 0.2) is 5.76 Å². The van der Waals surface area contributed by atoms with Gasteiger partial charge in [0.2, 0.25) is 0 Å². The molecule has 7 nitrogen and oxygen atoms in total. The number of ether oxygens (including phenoxy) is 1. The maximum Gasteiger partial charge on any atom is 0.338 e. The second kappa shape index (κ2) is 6.63. The summed E-state index contributed by atoms with van der Waals surface area (Å²) in [5, 5.41) is 16.7. The van der Waals surface area contributed by atoms with E-state index >= 15 is 0 Å². The highest BCUT2D eigenvalue weighted by atomic mass is 32.1. The molecule has 0 unspecified atom stereocenters. The Morgan fingerprint density at radius 1 is 1.38 bits per heavy atom. The van der Waals surface area contributed by atoms with Crippen molar-refractivity contribution in [3.8, 4) is 10.6 Å². The first-order valence-corrected chi connectivity index (χ1v) is 7.84. The van der Waals surface area contributed by atoms with Gasteiger partial charge in [-0.3, -0.25) is 10.1 Å². The summed E-state index contributed by atoms with van der Waals surface area (Å²) in [6.07, 6.45) is 0. The maximum absolute atomic E-state index is 12.0. The lowest BCUT2D eigenvalue weighted by Crippen LogP contribution is -2.06. The lowest BCUT2D eigenvalue weighted by molar-refractivity contribution is -0.385. The van der Waals surface area contributed by atoms with Crippen LogP contribution in [0.4, 0.5) is 5.69 Å². The van der Waals surface area contributed by atoms with E-state index in [0.29, 0.717) is 17.0 Å². The molecule has 122 valence electrons. The highest BCUT2D eigenvalue weighted by molar-refractivity contribution is 7.13. The zero-order chi connectivity index (χ0) is 17.1. The predicted octanol–water partition coefficient (Wildman–Crippen LogP) is 3.98. The van der Waals surface area contributed by atoms with E-state index in [0.717, 1.165) is 4.88 Å². The molecule has 0 saturated carbocycles. The molecule has 0 radical (unpaired) electrons. The standard InChI is InChI=1S/C16H12N2O5S/c1-10-4-5-11(7-13(10)18(20)21)16(19)22-9-12-8-14(23-17-12)15-3-2-6-24-15/h2-8H,9H2,1H3. The van der Waals surface area contributed by atoms with E-state index in [-0.39, 0.29) is 17.9 Å². The number of hydrogen-bond acceptors (Lipinski definition) is 7. The van der Waals surface area contributed by atoms with E-state index in [1.807, 2.05) is 17.5 Å². The van der Waals surface area contributed by atoms with Gasteiger partial charge in [-0.15, -0.1) is 11.3 Å². The van der Waals surface area contributed by atoms with E-state index in [1.165, 1.54) is 29.5 Å². The third kappa shape index (κ3) is 3.33. The first-order chi connectivity index (χ1) is 11.5. The van der Waals surface area contributed by atoms with Crippen LogP contribution in [0.1, 0.15) is 21.6 Å². The van der Waals surface area contributed by atoms with Crippen molar-refractivity contribution < 1.29 is 19.0 Å². The Hall–Kier alpha value is -3.00. The topological polar surface area (TPSA) is 95.5 Å². The second-order valence-electron chi connectivity index (χ2n) is 4.99. The Kier molecular flexibility index (Phi) is 4.39. The molecule has 3 rings (SSSR count). The fourth-order valence-electron chi connectivity index (χ4n) is 2.07.